The van der Waals surface area contributed by atoms with Crippen molar-refractivity contribution in [3.8, 4) is 0 Å². The van der Waals surface area contributed by atoms with E-state index in [-0.39, 0.29) is 5.54 Å². The van der Waals surface area contributed by atoms with Gasteiger partial charge in [-0.05, 0) is 24.6 Å². The summed E-state index contributed by atoms with van der Waals surface area (Å²) in [6.45, 7) is 2.76. The van der Waals surface area contributed by atoms with Gasteiger partial charge in [0.05, 0.1) is 12.1 Å². The molecule has 0 fully saturated rings. The Bertz CT molecular complexity index is 333. The van der Waals surface area contributed by atoms with Crippen LogP contribution in [-0.4, -0.2) is 17.5 Å². The monoisotopic (exact) mass is 176 g/mol. The van der Waals surface area contributed by atoms with Crippen molar-refractivity contribution in [3.05, 3.63) is 30.1 Å². The number of pyridine rings is 1. The predicted octanol–water partition coefficient (Wildman–Crippen LogP) is 0.215. The molecule has 4 nitrogen and oxygen atoms in total. The molecule has 3 N–H and O–H groups in total. The van der Waals surface area contributed by atoms with Crippen molar-refractivity contribution in [1.29, 1.82) is 0 Å². The SMILES string of the molecule is CC1(c2ccncc2)CN=C(N)N1. The van der Waals surface area contributed by atoms with Gasteiger partial charge in [-0.3, -0.25) is 9.98 Å². The molecule has 0 aliphatic carbocycles. The molecule has 1 aliphatic heterocycles. The molecule has 0 bridgehead atoms. The van der Waals surface area contributed by atoms with E-state index in [1.807, 2.05) is 12.1 Å². The van der Waals surface area contributed by atoms with Crippen LogP contribution in [0.15, 0.2) is 29.5 Å². The van der Waals surface area contributed by atoms with E-state index in [2.05, 4.69) is 22.2 Å². The summed E-state index contributed by atoms with van der Waals surface area (Å²) < 4.78 is 0. The summed E-state index contributed by atoms with van der Waals surface area (Å²) >= 11 is 0. The van der Waals surface area contributed by atoms with Gasteiger partial charge in [-0.2, -0.15) is 0 Å². The van der Waals surface area contributed by atoms with Gasteiger partial charge in [0.15, 0.2) is 5.96 Å². The third kappa shape index (κ3) is 1.35. The van der Waals surface area contributed by atoms with E-state index >= 15 is 0 Å². The molecule has 0 saturated heterocycles. The van der Waals surface area contributed by atoms with Gasteiger partial charge in [0, 0.05) is 12.4 Å². The Balaban J connectivity index is 2.28. The lowest BCUT2D eigenvalue weighted by molar-refractivity contribution is 0.479. The van der Waals surface area contributed by atoms with Crippen LogP contribution in [0.5, 0.6) is 0 Å². The van der Waals surface area contributed by atoms with E-state index in [0.717, 1.165) is 5.56 Å². The molecule has 0 aromatic carbocycles. The number of aromatic nitrogens is 1. The van der Waals surface area contributed by atoms with Crippen LogP contribution in [0.2, 0.25) is 0 Å². The second-order valence-corrected chi connectivity index (χ2v) is 3.39. The Hall–Kier alpha value is -1.58. The lowest BCUT2D eigenvalue weighted by atomic mass is 9.94. The Morgan fingerprint density at radius 1 is 1.46 bits per heavy atom. The van der Waals surface area contributed by atoms with E-state index in [0.29, 0.717) is 12.5 Å². The molecule has 1 aliphatic rings. The molecule has 0 saturated carbocycles. The van der Waals surface area contributed by atoms with E-state index < -0.39 is 0 Å². The molecule has 0 radical (unpaired) electrons. The summed E-state index contributed by atoms with van der Waals surface area (Å²) in [6, 6.07) is 3.95. The average molecular weight is 176 g/mol. The summed E-state index contributed by atoms with van der Waals surface area (Å²) in [4.78, 5) is 8.10. The summed E-state index contributed by atoms with van der Waals surface area (Å²) in [7, 11) is 0. The maximum absolute atomic E-state index is 5.57. The Morgan fingerprint density at radius 3 is 2.69 bits per heavy atom. The number of nitrogens with zero attached hydrogens (tertiary/aromatic N) is 2. The van der Waals surface area contributed by atoms with E-state index in [1.165, 1.54) is 0 Å². The van der Waals surface area contributed by atoms with Crippen LogP contribution in [0.4, 0.5) is 0 Å². The molecule has 1 aromatic rings. The first-order valence-electron chi connectivity index (χ1n) is 4.19. The van der Waals surface area contributed by atoms with Crippen molar-refractivity contribution >= 4 is 5.96 Å². The van der Waals surface area contributed by atoms with Crippen LogP contribution in [0.1, 0.15) is 12.5 Å². The molecule has 4 heteroatoms. The zero-order valence-corrected chi connectivity index (χ0v) is 7.49. The van der Waals surface area contributed by atoms with Crippen LogP contribution in [-0.2, 0) is 5.54 Å². The van der Waals surface area contributed by atoms with Gasteiger partial charge in [-0.25, -0.2) is 0 Å². The minimum absolute atomic E-state index is 0.160. The fraction of sp³-hybridized carbons (Fsp3) is 0.333. The van der Waals surface area contributed by atoms with Gasteiger partial charge in [0.2, 0.25) is 0 Å². The van der Waals surface area contributed by atoms with Gasteiger partial charge in [0.1, 0.15) is 0 Å². The predicted molar refractivity (Wildman–Crippen MR) is 51.2 cm³/mol. The maximum atomic E-state index is 5.57. The zero-order chi connectivity index (χ0) is 9.31. The molecule has 13 heavy (non-hydrogen) atoms. The molecule has 0 amide bonds. The standard InChI is InChI=1S/C9H12N4/c1-9(6-12-8(10)13-9)7-2-4-11-5-3-7/h2-5H,6H2,1H3,(H3,10,12,13). The normalized spacial score (nSPS) is 26.7. The van der Waals surface area contributed by atoms with E-state index in [1.54, 1.807) is 12.4 Å². The second kappa shape index (κ2) is 2.73. The van der Waals surface area contributed by atoms with Crippen molar-refractivity contribution < 1.29 is 0 Å². The van der Waals surface area contributed by atoms with Crippen molar-refractivity contribution in [2.45, 2.75) is 12.5 Å². The quantitative estimate of drug-likeness (QED) is 0.643. The molecule has 68 valence electrons. The van der Waals surface area contributed by atoms with Gasteiger partial charge in [-0.15, -0.1) is 0 Å². The highest BCUT2D eigenvalue weighted by Crippen LogP contribution is 2.22. The highest BCUT2D eigenvalue weighted by atomic mass is 15.2. The Labute approximate surface area is 76.9 Å². The van der Waals surface area contributed by atoms with Gasteiger partial charge in [-0.1, -0.05) is 0 Å². The minimum Gasteiger partial charge on any atom is -0.370 e. The number of guanidine groups is 1. The Kier molecular flexibility index (Phi) is 1.69. The third-order valence-electron chi connectivity index (χ3n) is 2.29. The van der Waals surface area contributed by atoms with Crippen LogP contribution >= 0.6 is 0 Å². The first-order chi connectivity index (χ1) is 6.21. The highest BCUT2D eigenvalue weighted by molar-refractivity contribution is 5.80. The summed E-state index contributed by atoms with van der Waals surface area (Å²) in [5, 5.41) is 3.15. The molecule has 2 heterocycles. The number of hydrogen-bond acceptors (Lipinski definition) is 4. The lowest BCUT2D eigenvalue weighted by Gasteiger charge is -2.24. The summed E-state index contributed by atoms with van der Waals surface area (Å²) in [6.07, 6.45) is 3.55. The molecule has 1 atom stereocenters. The number of nitrogens with one attached hydrogen (secondary N) is 1. The maximum Gasteiger partial charge on any atom is 0.189 e. The van der Waals surface area contributed by atoms with Crippen molar-refractivity contribution in [1.82, 2.24) is 10.3 Å². The van der Waals surface area contributed by atoms with Gasteiger partial charge < -0.3 is 11.1 Å². The van der Waals surface area contributed by atoms with Gasteiger partial charge in [0.25, 0.3) is 0 Å². The first-order valence-corrected chi connectivity index (χ1v) is 4.19. The lowest BCUT2D eigenvalue weighted by Crippen LogP contribution is -2.42. The van der Waals surface area contributed by atoms with E-state index in [4.69, 9.17) is 5.73 Å². The summed E-state index contributed by atoms with van der Waals surface area (Å²) in [5.74, 6) is 0.513. The van der Waals surface area contributed by atoms with Gasteiger partial charge >= 0.3 is 0 Å². The smallest absolute Gasteiger partial charge is 0.189 e. The topological polar surface area (TPSA) is 63.3 Å². The molecular weight excluding hydrogens is 164 g/mol. The van der Waals surface area contributed by atoms with Crippen molar-refractivity contribution in [3.63, 3.8) is 0 Å². The average Bonchev–Trinajstić information content (AvgIpc) is 2.49. The van der Waals surface area contributed by atoms with Crippen LogP contribution in [0.25, 0.3) is 0 Å². The first kappa shape index (κ1) is 8.04. The zero-order valence-electron chi connectivity index (χ0n) is 7.49. The largest absolute Gasteiger partial charge is 0.370 e. The number of hydrogen-bond donors (Lipinski definition) is 2. The van der Waals surface area contributed by atoms with Crippen molar-refractivity contribution in [2.75, 3.05) is 6.54 Å². The Morgan fingerprint density at radius 2 is 2.15 bits per heavy atom. The molecule has 1 unspecified atom stereocenters. The van der Waals surface area contributed by atoms with Crippen molar-refractivity contribution in [2.24, 2.45) is 10.7 Å². The number of rotatable bonds is 1. The highest BCUT2D eigenvalue weighted by Gasteiger charge is 2.30. The molecule has 0 spiro atoms. The fourth-order valence-electron chi connectivity index (χ4n) is 1.49. The van der Waals surface area contributed by atoms with Crippen LogP contribution < -0.4 is 11.1 Å². The fourth-order valence-corrected chi connectivity index (χ4v) is 1.49. The second-order valence-electron chi connectivity index (χ2n) is 3.39. The van der Waals surface area contributed by atoms with Crippen LogP contribution in [0, 0.1) is 0 Å². The minimum atomic E-state index is -0.160. The third-order valence-corrected chi connectivity index (χ3v) is 2.29. The van der Waals surface area contributed by atoms with E-state index in [9.17, 15) is 0 Å². The summed E-state index contributed by atoms with van der Waals surface area (Å²) in [5.41, 5.74) is 6.57. The molecular formula is C9H12N4. The number of aliphatic imine (C=N–C) groups is 1. The molecule has 1 aromatic heterocycles. The number of nitrogens with two attached hydrogens (primary N) is 1. The van der Waals surface area contributed by atoms with Crippen LogP contribution in [0.3, 0.4) is 0 Å². The molecule has 2 rings (SSSR count).